The van der Waals surface area contributed by atoms with E-state index in [1.807, 2.05) is 6.07 Å². The van der Waals surface area contributed by atoms with Crippen LogP contribution in [0.5, 0.6) is 0 Å². The predicted molar refractivity (Wildman–Crippen MR) is 114 cm³/mol. The average Bonchev–Trinajstić information content (AvgIpc) is 3.28. The summed E-state index contributed by atoms with van der Waals surface area (Å²) in [6.07, 6.45) is 1.16. The molecule has 3 heterocycles. The van der Waals surface area contributed by atoms with Crippen molar-refractivity contribution in [3.05, 3.63) is 18.1 Å². The molecule has 1 aliphatic rings. The van der Waals surface area contributed by atoms with Gasteiger partial charge in [-0.05, 0) is 12.5 Å². The number of aromatic nitrogens is 3. The lowest BCUT2D eigenvalue weighted by atomic mass is 9.92. The molecule has 0 spiro atoms. The number of carbonyl (C=O) groups excluding carboxylic acids is 1. The van der Waals surface area contributed by atoms with Gasteiger partial charge in [-0.3, -0.25) is 4.79 Å². The van der Waals surface area contributed by atoms with Crippen molar-refractivity contribution in [2.24, 2.45) is 0 Å². The van der Waals surface area contributed by atoms with E-state index in [-0.39, 0.29) is 28.3 Å². The largest absolute Gasteiger partial charge is 0.463 e. The first-order valence-corrected chi connectivity index (χ1v) is 12.4. The zero-order chi connectivity index (χ0) is 24.4. The minimum absolute atomic E-state index is 0.0862. The first kappa shape index (κ1) is 24.8. The van der Waals surface area contributed by atoms with Crippen LogP contribution in [0.25, 0.3) is 5.52 Å². The summed E-state index contributed by atoms with van der Waals surface area (Å²) in [5.74, 6) is -0.648. The summed E-state index contributed by atoms with van der Waals surface area (Å²) in [5.41, 5.74) is 3.40. The lowest BCUT2D eigenvalue weighted by Gasteiger charge is -2.24. The molecule has 0 aliphatic carbocycles. The molecule has 0 radical (unpaired) electrons. The van der Waals surface area contributed by atoms with Gasteiger partial charge in [-0.25, -0.2) is 17.9 Å². The van der Waals surface area contributed by atoms with E-state index in [0.717, 1.165) is 42.4 Å². The third kappa shape index (κ3) is 4.65. The van der Waals surface area contributed by atoms with E-state index in [1.165, 1.54) is 0 Å². The van der Waals surface area contributed by atoms with E-state index < -0.39 is 46.3 Å². The number of carbonyl (C=O) groups is 1. The quantitative estimate of drug-likeness (QED) is 0.324. The number of nitrogen functional groups attached to an aromatic ring is 1. The molecule has 4 unspecified atom stereocenters. The number of aliphatic hydroxyl groups is 2. The molecule has 4 atom stereocenters. The Labute approximate surface area is 190 Å². The number of nitriles is 1. The summed E-state index contributed by atoms with van der Waals surface area (Å²) >= 11 is 0. The SMILES string of the molecule is CCCCCCC(=O)OCC1OC(C#N)(c2cc(S(C)(=O)=O)c3c(N)ncnn23)C(O)C1O. The predicted octanol–water partition coefficient (Wildman–Crippen LogP) is 0.0681. The van der Waals surface area contributed by atoms with E-state index in [4.69, 9.17) is 15.2 Å². The number of rotatable bonds is 9. The number of nitrogens with zero attached hydrogens (tertiary/aromatic N) is 4. The maximum Gasteiger partial charge on any atom is 0.305 e. The Morgan fingerprint density at radius 1 is 1.39 bits per heavy atom. The summed E-state index contributed by atoms with van der Waals surface area (Å²) in [5, 5.41) is 35.2. The number of hydrogen-bond acceptors (Lipinski definition) is 11. The highest BCUT2D eigenvalue weighted by Crippen LogP contribution is 2.42. The van der Waals surface area contributed by atoms with Crippen molar-refractivity contribution in [1.82, 2.24) is 14.6 Å². The van der Waals surface area contributed by atoms with Gasteiger partial charge in [-0.15, -0.1) is 0 Å². The lowest BCUT2D eigenvalue weighted by molar-refractivity contribution is -0.150. The maximum absolute atomic E-state index is 12.3. The molecule has 4 N–H and O–H groups in total. The van der Waals surface area contributed by atoms with Crippen LogP contribution in [0.1, 0.15) is 44.7 Å². The van der Waals surface area contributed by atoms with Crippen LogP contribution in [0.2, 0.25) is 0 Å². The second kappa shape index (κ2) is 9.60. The van der Waals surface area contributed by atoms with Crippen molar-refractivity contribution in [3.63, 3.8) is 0 Å². The Morgan fingerprint density at radius 3 is 2.76 bits per heavy atom. The first-order chi connectivity index (χ1) is 15.6. The van der Waals surface area contributed by atoms with Gasteiger partial charge in [0.2, 0.25) is 5.60 Å². The summed E-state index contributed by atoms with van der Waals surface area (Å²) in [6.45, 7) is 1.66. The summed E-state index contributed by atoms with van der Waals surface area (Å²) in [4.78, 5) is 15.5. The fourth-order valence-corrected chi connectivity index (χ4v) is 4.71. The Morgan fingerprint density at radius 2 is 2.12 bits per heavy atom. The topological polar surface area (TPSA) is 190 Å². The molecule has 2 aromatic rings. The number of esters is 1. The number of sulfone groups is 1. The van der Waals surface area contributed by atoms with Crippen molar-refractivity contribution in [2.75, 3.05) is 18.6 Å². The lowest BCUT2D eigenvalue weighted by Crippen LogP contribution is -2.41. The molecule has 1 saturated heterocycles. The minimum Gasteiger partial charge on any atom is -0.463 e. The molecule has 1 aliphatic heterocycles. The van der Waals surface area contributed by atoms with Crippen LogP contribution in [-0.4, -0.2) is 70.4 Å². The van der Waals surface area contributed by atoms with Crippen LogP contribution in [-0.2, 0) is 29.7 Å². The van der Waals surface area contributed by atoms with Crippen molar-refractivity contribution < 1.29 is 32.9 Å². The molecule has 0 bridgehead atoms. The zero-order valence-electron chi connectivity index (χ0n) is 18.3. The highest BCUT2D eigenvalue weighted by atomic mass is 32.2. The van der Waals surface area contributed by atoms with Gasteiger partial charge in [0, 0.05) is 12.7 Å². The normalized spacial score (nSPS) is 25.2. The first-order valence-electron chi connectivity index (χ1n) is 10.5. The molecule has 12 nitrogen and oxygen atoms in total. The molecule has 1 fully saturated rings. The molecular weight excluding hydrogens is 454 g/mol. The van der Waals surface area contributed by atoms with Gasteiger partial charge >= 0.3 is 5.97 Å². The van der Waals surface area contributed by atoms with Crippen molar-refractivity contribution in [1.29, 1.82) is 5.26 Å². The van der Waals surface area contributed by atoms with E-state index in [2.05, 4.69) is 17.0 Å². The smallest absolute Gasteiger partial charge is 0.305 e. The number of hydrogen-bond donors (Lipinski definition) is 3. The molecule has 3 rings (SSSR count). The van der Waals surface area contributed by atoms with Gasteiger partial charge in [0.05, 0.1) is 10.6 Å². The molecule has 180 valence electrons. The molecule has 33 heavy (non-hydrogen) atoms. The van der Waals surface area contributed by atoms with E-state index >= 15 is 0 Å². The van der Waals surface area contributed by atoms with Gasteiger partial charge in [-0.1, -0.05) is 26.2 Å². The fraction of sp³-hybridized carbons (Fsp3) is 0.600. The summed E-state index contributed by atoms with van der Waals surface area (Å²) in [7, 11) is -3.83. The summed E-state index contributed by atoms with van der Waals surface area (Å²) in [6, 6.07) is 2.93. The zero-order valence-corrected chi connectivity index (χ0v) is 19.2. The number of anilines is 1. The van der Waals surface area contributed by atoms with E-state index in [0.29, 0.717) is 6.42 Å². The molecule has 13 heteroatoms. The number of unbranched alkanes of at least 4 members (excludes halogenated alkanes) is 3. The third-order valence-corrected chi connectivity index (χ3v) is 6.71. The average molecular weight is 482 g/mol. The highest BCUT2D eigenvalue weighted by Gasteiger charge is 2.58. The Kier molecular flexibility index (Phi) is 7.23. The number of aliphatic hydroxyl groups excluding tert-OH is 2. The Hall–Kier alpha value is -2.79. The van der Waals surface area contributed by atoms with Crippen LogP contribution in [0.4, 0.5) is 5.82 Å². The number of fused-ring (bicyclic) bond motifs is 1. The second-order valence-electron chi connectivity index (χ2n) is 8.00. The van der Waals surface area contributed by atoms with Gasteiger partial charge in [0.15, 0.2) is 15.7 Å². The second-order valence-corrected chi connectivity index (χ2v) is 9.99. The van der Waals surface area contributed by atoms with Crippen molar-refractivity contribution in [2.45, 2.75) is 67.8 Å². The van der Waals surface area contributed by atoms with Crippen LogP contribution >= 0.6 is 0 Å². The third-order valence-electron chi connectivity index (χ3n) is 5.60. The van der Waals surface area contributed by atoms with Crippen LogP contribution in [0, 0.1) is 11.3 Å². The molecule has 0 aromatic carbocycles. The van der Waals surface area contributed by atoms with Crippen LogP contribution in [0.3, 0.4) is 0 Å². The van der Waals surface area contributed by atoms with E-state index in [1.54, 1.807) is 0 Å². The monoisotopic (exact) mass is 481 g/mol. The standard InChI is InChI=1S/C20H27N5O7S/c1-3-4-5-6-7-15(26)31-9-12-17(27)18(28)20(10-21,32-12)14-8-13(33(2,29)30)16-19(22)23-11-24-25(14)16/h8,11-12,17-18,27-28H,3-7,9H2,1-2H3,(H2,22,23,24). The minimum atomic E-state index is -3.83. The summed E-state index contributed by atoms with van der Waals surface area (Å²) < 4.78 is 36.6. The Balaban J connectivity index is 1.90. The van der Waals surface area contributed by atoms with Crippen molar-refractivity contribution in [3.8, 4) is 6.07 Å². The highest BCUT2D eigenvalue weighted by molar-refractivity contribution is 7.91. The maximum atomic E-state index is 12.3. The van der Waals surface area contributed by atoms with Gasteiger partial charge in [0.25, 0.3) is 0 Å². The van der Waals surface area contributed by atoms with E-state index in [9.17, 15) is 28.7 Å². The van der Waals surface area contributed by atoms with Crippen LogP contribution in [0.15, 0.2) is 17.3 Å². The van der Waals surface area contributed by atoms with Crippen LogP contribution < -0.4 is 5.73 Å². The molecule has 2 aromatic heterocycles. The van der Waals surface area contributed by atoms with Gasteiger partial charge < -0.3 is 25.4 Å². The Bertz CT molecular complexity index is 1180. The number of ether oxygens (including phenoxy) is 2. The van der Waals surface area contributed by atoms with Gasteiger partial charge in [-0.2, -0.15) is 10.4 Å². The van der Waals surface area contributed by atoms with Crippen molar-refractivity contribution >= 4 is 27.1 Å². The number of nitrogens with two attached hydrogens (primary N) is 1. The molecule has 0 saturated carbocycles. The van der Waals surface area contributed by atoms with Gasteiger partial charge in [0.1, 0.15) is 42.8 Å². The fourth-order valence-electron chi connectivity index (χ4n) is 3.84. The molecule has 0 amide bonds. The molecular formula is C20H27N5O7S.